The Morgan fingerprint density at radius 1 is 1.50 bits per heavy atom. The number of nitrogens with zero attached hydrogens (tertiary/aromatic N) is 1. The Bertz CT molecular complexity index is 580. The van der Waals surface area contributed by atoms with E-state index >= 15 is 0 Å². The van der Waals surface area contributed by atoms with Gasteiger partial charge in [0.15, 0.2) is 5.69 Å². The molecule has 0 amide bonds. The van der Waals surface area contributed by atoms with Gasteiger partial charge in [0.05, 0.1) is 6.61 Å². The molecule has 0 aliphatic heterocycles. The van der Waals surface area contributed by atoms with Gasteiger partial charge in [-0.2, -0.15) is 0 Å². The maximum Gasteiger partial charge on any atom is 0.357 e. The standard InChI is InChI=1S/C13H12FNO2S/c1-3-17-13(16)11-7-18-12(15-11)10-6-9(14)5-4-8(10)2/h4-7H,3H2,1-2H3. The summed E-state index contributed by atoms with van der Waals surface area (Å²) < 4.78 is 18.1. The molecule has 0 saturated heterocycles. The minimum Gasteiger partial charge on any atom is -0.461 e. The predicted molar refractivity (Wildman–Crippen MR) is 68.2 cm³/mol. The average Bonchev–Trinajstić information content (AvgIpc) is 2.82. The molecule has 0 aliphatic rings. The summed E-state index contributed by atoms with van der Waals surface area (Å²) in [6.07, 6.45) is 0. The molecule has 5 heteroatoms. The molecule has 0 radical (unpaired) electrons. The molecule has 0 unspecified atom stereocenters. The molecule has 3 nitrogen and oxygen atoms in total. The lowest BCUT2D eigenvalue weighted by Gasteiger charge is -2.01. The van der Waals surface area contributed by atoms with Crippen LogP contribution in [0.5, 0.6) is 0 Å². The number of carbonyl (C=O) groups is 1. The minimum absolute atomic E-state index is 0.264. The highest BCUT2D eigenvalue weighted by atomic mass is 32.1. The Morgan fingerprint density at radius 3 is 3.00 bits per heavy atom. The lowest BCUT2D eigenvalue weighted by Crippen LogP contribution is -2.04. The van der Waals surface area contributed by atoms with Gasteiger partial charge in [0.25, 0.3) is 0 Å². The Labute approximate surface area is 108 Å². The van der Waals surface area contributed by atoms with Crippen molar-refractivity contribution in [1.29, 1.82) is 0 Å². The molecule has 1 heterocycles. The third-order valence-corrected chi connectivity index (χ3v) is 3.29. The van der Waals surface area contributed by atoms with Crippen LogP contribution in [0.25, 0.3) is 10.6 Å². The molecule has 0 atom stereocenters. The monoisotopic (exact) mass is 265 g/mol. The van der Waals surface area contributed by atoms with Crippen molar-refractivity contribution in [3.8, 4) is 10.6 Å². The van der Waals surface area contributed by atoms with Crippen molar-refractivity contribution in [2.24, 2.45) is 0 Å². The molecule has 2 aromatic rings. The summed E-state index contributed by atoms with van der Waals surface area (Å²) in [6.45, 7) is 3.92. The fraction of sp³-hybridized carbons (Fsp3) is 0.231. The van der Waals surface area contributed by atoms with Gasteiger partial charge in [-0.1, -0.05) is 6.07 Å². The van der Waals surface area contributed by atoms with Gasteiger partial charge >= 0.3 is 5.97 Å². The summed E-state index contributed by atoms with van der Waals surface area (Å²) in [5.41, 5.74) is 1.89. The van der Waals surface area contributed by atoms with Crippen LogP contribution in [0.4, 0.5) is 4.39 Å². The Kier molecular flexibility index (Phi) is 3.72. The lowest BCUT2D eigenvalue weighted by molar-refractivity contribution is 0.0520. The number of hydrogen-bond acceptors (Lipinski definition) is 4. The normalized spacial score (nSPS) is 10.4. The van der Waals surface area contributed by atoms with Crippen LogP contribution in [0.15, 0.2) is 23.6 Å². The highest BCUT2D eigenvalue weighted by molar-refractivity contribution is 7.13. The van der Waals surface area contributed by atoms with Crippen LogP contribution in [0, 0.1) is 12.7 Å². The number of hydrogen-bond donors (Lipinski definition) is 0. The van der Waals surface area contributed by atoms with E-state index in [-0.39, 0.29) is 11.5 Å². The van der Waals surface area contributed by atoms with Crippen LogP contribution < -0.4 is 0 Å². The zero-order valence-corrected chi connectivity index (χ0v) is 10.9. The molecular formula is C13H12FNO2S. The van der Waals surface area contributed by atoms with Gasteiger partial charge in [0.2, 0.25) is 0 Å². The van der Waals surface area contributed by atoms with Crippen molar-refractivity contribution in [3.05, 3.63) is 40.7 Å². The summed E-state index contributed by atoms with van der Waals surface area (Å²) >= 11 is 1.30. The number of aromatic nitrogens is 1. The topological polar surface area (TPSA) is 39.2 Å². The van der Waals surface area contributed by atoms with E-state index in [0.717, 1.165) is 5.56 Å². The third kappa shape index (κ3) is 2.56. The van der Waals surface area contributed by atoms with Gasteiger partial charge in [-0.15, -0.1) is 11.3 Å². The molecular weight excluding hydrogens is 253 g/mol. The lowest BCUT2D eigenvalue weighted by atomic mass is 10.1. The van der Waals surface area contributed by atoms with Gasteiger partial charge in [0.1, 0.15) is 10.8 Å². The van der Waals surface area contributed by atoms with Crippen LogP contribution in [0.2, 0.25) is 0 Å². The molecule has 1 aromatic carbocycles. The Balaban J connectivity index is 2.35. The first-order valence-electron chi connectivity index (χ1n) is 5.51. The van der Waals surface area contributed by atoms with Crippen molar-refractivity contribution >= 4 is 17.3 Å². The number of halogens is 1. The molecule has 0 fully saturated rings. The molecule has 0 aliphatic carbocycles. The second kappa shape index (κ2) is 5.27. The predicted octanol–water partition coefficient (Wildman–Crippen LogP) is 3.43. The number of esters is 1. The molecule has 0 saturated carbocycles. The molecule has 2 rings (SSSR count). The van der Waals surface area contributed by atoms with Crippen molar-refractivity contribution in [1.82, 2.24) is 4.98 Å². The molecule has 0 N–H and O–H groups in total. The quantitative estimate of drug-likeness (QED) is 0.798. The van der Waals surface area contributed by atoms with Gasteiger partial charge < -0.3 is 4.74 Å². The van der Waals surface area contributed by atoms with Crippen LogP contribution in [0.1, 0.15) is 23.0 Å². The number of rotatable bonds is 3. The number of aryl methyl sites for hydroxylation is 1. The summed E-state index contributed by atoms with van der Waals surface area (Å²) in [5.74, 6) is -0.766. The SMILES string of the molecule is CCOC(=O)c1csc(-c2cc(F)ccc2C)n1. The smallest absolute Gasteiger partial charge is 0.357 e. The first-order chi connectivity index (χ1) is 8.61. The average molecular weight is 265 g/mol. The van der Waals surface area contributed by atoms with E-state index < -0.39 is 5.97 Å². The first kappa shape index (κ1) is 12.7. The Morgan fingerprint density at radius 2 is 2.28 bits per heavy atom. The summed E-state index contributed by atoms with van der Waals surface area (Å²) in [6, 6.07) is 4.51. The fourth-order valence-corrected chi connectivity index (χ4v) is 2.39. The van der Waals surface area contributed by atoms with Crippen LogP contribution in [-0.2, 0) is 4.74 Å². The van der Waals surface area contributed by atoms with Gasteiger partial charge in [-0.3, -0.25) is 0 Å². The third-order valence-electron chi connectivity index (χ3n) is 2.42. The van der Waals surface area contributed by atoms with E-state index in [1.54, 1.807) is 18.4 Å². The second-order valence-corrected chi connectivity index (χ2v) is 4.58. The van der Waals surface area contributed by atoms with E-state index in [1.807, 2.05) is 6.92 Å². The van der Waals surface area contributed by atoms with Crippen molar-refractivity contribution in [2.45, 2.75) is 13.8 Å². The van der Waals surface area contributed by atoms with Crippen molar-refractivity contribution < 1.29 is 13.9 Å². The molecule has 94 valence electrons. The van der Waals surface area contributed by atoms with Crippen molar-refractivity contribution in [2.75, 3.05) is 6.61 Å². The molecule has 1 aromatic heterocycles. The highest BCUT2D eigenvalue weighted by Crippen LogP contribution is 2.27. The van der Waals surface area contributed by atoms with E-state index in [0.29, 0.717) is 17.2 Å². The largest absolute Gasteiger partial charge is 0.461 e. The van der Waals surface area contributed by atoms with Crippen LogP contribution in [-0.4, -0.2) is 17.6 Å². The maximum absolute atomic E-state index is 13.2. The number of carbonyl (C=O) groups excluding carboxylic acids is 1. The summed E-state index contributed by atoms with van der Waals surface area (Å²) in [7, 11) is 0. The highest BCUT2D eigenvalue weighted by Gasteiger charge is 2.14. The minimum atomic E-state index is -0.450. The van der Waals surface area contributed by atoms with E-state index in [1.165, 1.54) is 23.5 Å². The van der Waals surface area contributed by atoms with Gasteiger partial charge in [-0.05, 0) is 31.5 Å². The van der Waals surface area contributed by atoms with Gasteiger partial charge in [-0.25, -0.2) is 14.2 Å². The number of ether oxygens (including phenoxy) is 1. The summed E-state index contributed by atoms with van der Waals surface area (Å²) in [4.78, 5) is 15.7. The zero-order chi connectivity index (χ0) is 13.1. The second-order valence-electron chi connectivity index (χ2n) is 3.72. The van der Waals surface area contributed by atoms with Crippen molar-refractivity contribution in [3.63, 3.8) is 0 Å². The molecule has 0 bridgehead atoms. The molecule has 0 spiro atoms. The van der Waals surface area contributed by atoms with Crippen LogP contribution in [0.3, 0.4) is 0 Å². The van der Waals surface area contributed by atoms with E-state index in [4.69, 9.17) is 4.74 Å². The van der Waals surface area contributed by atoms with Crippen LogP contribution >= 0.6 is 11.3 Å². The maximum atomic E-state index is 13.2. The van der Waals surface area contributed by atoms with Gasteiger partial charge in [0, 0.05) is 10.9 Å². The zero-order valence-electron chi connectivity index (χ0n) is 10.1. The summed E-state index contributed by atoms with van der Waals surface area (Å²) in [5, 5.41) is 2.24. The number of benzene rings is 1. The molecule has 18 heavy (non-hydrogen) atoms. The Hall–Kier alpha value is -1.75. The first-order valence-corrected chi connectivity index (χ1v) is 6.39. The van der Waals surface area contributed by atoms with E-state index in [9.17, 15) is 9.18 Å². The fourth-order valence-electron chi connectivity index (χ4n) is 1.52. The van der Waals surface area contributed by atoms with E-state index in [2.05, 4.69) is 4.98 Å². The number of thiazole rings is 1.